The summed E-state index contributed by atoms with van der Waals surface area (Å²) in [6.07, 6.45) is 0.310. The van der Waals surface area contributed by atoms with Crippen LogP contribution < -0.4 is 11.1 Å². The molecule has 90 valence electrons. The number of amides is 1. The normalized spacial score (nSPS) is 18.8. The monoisotopic (exact) mass is 236 g/mol. The van der Waals surface area contributed by atoms with Gasteiger partial charge in [0.1, 0.15) is 11.5 Å². The smallest absolute Gasteiger partial charge is 0.252 e. The lowest BCUT2D eigenvalue weighted by molar-refractivity contribution is 0.0821. The summed E-state index contributed by atoms with van der Waals surface area (Å²) in [4.78, 5) is 23.7. The van der Waals surface area contributed by atoms with Crippen molar-refractivity contribution in [1.29, 1.82) is 0 Å². The van der Waals surface area contributed by atoms with E-state index < -0.39 is 11.9 Å². The van der Waals surface area contributed by atoms with Gasteiger partial charge in [0, 0.05) is 6.07 Å². The molecule has 0 spiro atoms. The molecule has 0 aliphatic carbocycles. The van der Waals surface area contributed by atoms with E-state index in [1.54, 1.807) is 0 Å². The topological polar surface area (TPSA) is 113 Å². The summed E-state index contributed by atoms with van der Waals surface area (Å²) in [5.74, 6) is -1.53. The molecule has 0 saturated heterocycles. The van der Waals surface area contributed by atoms with Crippen molar-refractivity contribution in [3.05, 3.63) is 23.3 Å². The third kappa shape index (κ3) is 1.83. The average Bonchev–Trinajstić information content (AvgIpc) is 2.25. The molecule has 0 saturated carbocycles. The average molecular weight is 236 g/mol. The maximum absolute atomic E-state index is 12.0. The quantitative estimate of drug-likeness (QED) is 0.565. The number of ketones is 1. The number of rotatable bonds is 2. The Bertz CT molecular complexity index is 498. The zero-order chi connectivity index (χ0) is 12.6. The standard InChI is InChI=1S/C11H12N2O4/c12-2-1-7-10(16)9-6(11(17)13-7)3-5(14)4-8(9)15/h3-4,7,14-15H,1-2,12H2,(H,13,17)/t7-/m0/s1. The number of nitrogens with two attached hydrogens (primary N) is 1. The minimum Gasteiger partial charge on any atom is -0.508 e. The van der Waals surface area contributed by atoms with Gasteiger partial charge >= 0.3 is 0 Å². The number of hydrogen-bond donors (Lipinski definition) is 4. The van der Waals surface area contributed by atoms with E-state index in [-0.39, 0.29) is 35.0 Å². The van der Waals surface area contributed by atoms with Crippen molar-refractivity contribution in [3.63, 3.8) is 0 Å². The van der Waals surface area contributed by atoms with Crippen LogP contribution in [0.3, 0.4) is 0 Å². The second-order valence-electron chi connectivity index (χ2n) is 3.86. The molecule has 5 N–H and O–H groups in total. The Morgan fingerprint density at radius 3 is 2.65 bits per heavy atom. The van der Waals surface area contributed by atoms with Gasteiger partial charge in [0.05, 0.1) is 17.2 Å². The molecule has 1 atom stereocenters. The van der Waals surface area contributed by atoms with Crippen LogP contribution in [0.2, 0.25) is 0 Å². The van der Waals surface area contributed by atoms with E-state index in [9.17, 15) is 19.8 Å². The predicted molar refractivity (Wildman–Crippen MR) is 59.0 cm³/mol. The summed E-state index contributed by atoms with van der Waals surface area (Å²) in [6.45, 7) is 0.255. The first-order valence-electron chi connectivity index (χ1n) is 5.15. The predicted octanol–water partition coefficient (Wildman–Crippen LogP) is -0.259. The van der Waals surface area contributed by atoms with Gasteiger partial charge in [-0.05, 0) is 19.0 Å². The van der Waals surface area contributed by atoms with Crippen molar-refractivity contribution in [2.75, 3.05) is 6.54 Å². The van der Waals surface area contributed by atoms with E-state index in [1.807, 2.05) is 0 Å². The van der Waals surface area contributed by atoms with Crippen molar-refractivity contribution in [2.45, 2.75) is 12.5 Å². The zero-order valence-electron chi connectivity index (χ0n) is 8.93. The molecular formula is C11H12N2O4. The van der Waals surface area contributed by atoms with Crippen LogP contribution in [0.5, 0.6) is 11.5 Å². The van der Waals surface area contributed by atoms with Gasteiger partial charge in [-0.15, -0.1) is 0 Å². The number of benzene rings is 1. The number of hydrogen-bond acceptors (Lipinski definition) is 5. The molecule has 1 heterocycles. The first kappa shape index (κ1) is 11.4. The number of phenolic OH excluding ortho intramolecular Hbond substituents is 2. The lowest BCUT2D eigenvalue weighted by Gasteiger charge is -2.24. The molecule has 0 radical (unpaired) electrons. The van der Waals surface area contributed by atoms with E-state index in [0.717, 1.165) is 12.1 Å². The third-order valence-electron chi connectivity index (χ3n) is 2.67. The van der Waals surface area contributed by atoms with Crippen LogP contribution in [-0.4, -0.2) is 34.5 Å². The van der Waals surface area contributed by atoms with Gasteiger partial charge in [-0.25, -0.2) is 0 Å². The Balaban J connectivity index is 2.53. The number of Topliss-reactive ketones (excluding diaryl/α,β-unsaturated/α-hetero) is 1. The Hall–Kier alpha value is -2.08. The van der Waals surface area contributed by atoms with Gasteiger partial charge in [0.15, 0.2) is 5.78 Å². The highest BCUT2D eigenvalue weighted by Gasteiger charge is 2.34. The van der Waals surface area contributed by atoms with E-state index in [0.29, 0.717) is 6.42 Å². The molecule has 1 aliphatic rings. The van der Waals surface area contributed by atoms with Crippen LogP contribution in [0.25, 0.3) is 0 Å². The first-order valence-corrected chi connectivity index (χ1v) is 5.15. The lowest BCUT2D eigenvalue weighted by atomic mass is 9.91. The minimum absolute atomic E-state index is 0.0132. The second kappa shape index (κ2) is 4.06. The molecule has 1 aromatic rings. The number of carbonyl (C=O) groups is 2. The van der Waals surface area contributed by atoms with Gasteiger partial charge in [-0.1, -0.05) is 0 Å². The fourth-order valence-electron chi connectivity index (χ4n) is 1.90. The van der Waals surface area contributed by atoms with Crippen LogP contribution in [-0.2, 0) is 0 Å². The van der Waals surface area contributed by atoms with Gasteiger partial charge in [0.2, 0.25) is 0 Å². The van der Waals surface area contributed by atoms with E-state index >= 15 is 0 Å². The maximum atomic E-state index is 12.0. The third-order valence-corrected chi connectivity index (χ3v) is 2.67. The van der Waals surface area contributed by atoms with Crippen molar-refractivity contribution in [2.24, 2.45) is 5.73 Å². The van der Waals surface area contributed by atoms with Crippen molar-refractivity contribution in [1.82, 2.24) is 5.32 Å². The number of aromatic hydroxyl groups is 2. The fourth-order valence-corrected chi connectivity index (χ4v) is 1.90. The van der Waals surface area contributed by atoms with Crippen LogP contribution in [0.4, 0.5) is 0 Å². The molecule has 0 bridgehead atoms. The Morgan fingerprint density at radius 2 is 2.00 bits per heavy atom. The highest BCUT2D eigenvalue weighted by molar-refractivity contribution is 6.16. The molecule has 0 unspecified atom stereocenters. The SMILES string of the molecule is NCC[C@@H]1NC(=O)c2cc(O)cc(O)c2C1=O. The molecule has 1 amide bonds. The lowest BCUT2D eigenvalue weighted by Crippen LogP contribution is -2.47. The molecule has 2 rings (SSSR count). The van der Waals surface area contributed by atoms with Gasteiger partial charge < -0.3 is 21.3 Å². The molecule has 6 heteroatoms. The summed E-state index contributed by atoms with van der Waals surface area (Å²) in [5, 5.41) is 21.4. The van der Waals surface area contributed by atoms with Crippen LogP contribution in [0, 0.1) is 0 Å². The highest BCUT2D eigenvalue weighted by Crippen LogP contribution is 2.31. The minimum atomic E-state index is -0.713. The van der Waals surface area contributed by atoms with Crippen molar-refractivity contribution < 1.29 is 19.8 Å². The molecule has 17 heavy (non-hydrogen) atoms. The first-order chi connectivity index (χ1) is 8.04. The number of carbonyl (C=O) groups excluding carboxylic acids is 2. The van der Waals surface area contributed by atoms with Crippen LogP contribution in [0.1, 0.15) is 27.1 Å². The van der Waals surface area contributed by atoms with E-state index in [4.69, 9.17) is 5.73 Å². The van der Waals surface area contributed by atoms with E-state index in [1.165, 1.54) is 0 Å². The Morgan fingerprint density at radius 1 is 1.29 bits per heavy atom. The molecule has 0 aromatic heterocycles. The Labute approximate surface area is 97.1 Å². The summed E-state index contributed by atoms with van der Waals surface area (Å²) in [7, 11) is 0. The van der Waals surface area contributed by atoms with Gasteiger partial charge in [-0.2, -0.15) is 0 Å². The summed E-state index contributed by atoms with van der Waals surface area (Å²) < 4.78 is 0. The molecule has 6 nitrogen and oxygen atoms in total. The maximum Gasteiger partial charge on any atom is 0.252 e. The summed E-state index contributed by atoms with van der Waals surface area (Å²) in [5.41, 5.74) is 5.28. The number of fused-ring (bicyclic) bond motifs is 1. The molecule has 0 fully saturated rings. The van der Waals surface area contributed by atoms with Crippen LogP contribution >= 0.6 is 0 Å². The van der Waals surface area contributed by atoms with Gasteiger partial charge in [0.25, 0.3) is 5.91 Å². The zero-order valence-corrected chi connectivity index (χ0v) is 8.93. The summed E-state index contributed by atoms with van der Waals surface area (Å²) in [6, 6.07) is 1.48. The molecule has 1 aliphatic heterocycles. The van der Waals surface area contributed by atoms with Crippen molar-refractivity contribution >= 4 is 11.7 Å². The highest BCUT2D eigenvalue weighted by atomic mass is 16.3. The number of nitrogens with one attached hydrogen (secondary N) is 1. The molecule has 1 aromatic carbocycles. The second-order valence-corrected chi connectivity index (χ2v) is 3.86. The molecular weight excluding hydrogens is 224 g/mol. The fraction of sp³-hybridized carbons (Fsp3) is 0.273. The van der Waals surface area contributed by atoms with Crippen LogP contribution in [0.15, 0.2) is 12.1 Å². The van der Waals surface area contributed by atoms with E-state index in [2.05, 4.69) is 5.32 Å². The van der Waals surface area contributed by atoms with Gasteiger partial charge in [-0.3, -0.25) is 9.59 Å². The largest absolute Gasteiger partial charge is 0.508 e. The summed E-state index contributed by atoms with van der Waals surface area (Å²) >= 11 is 0. The Kier molecular flexibility index (Phi) is 2.72. The number of phenols is 2. The van der Waals surface area contributed by atoms with Crippen molar-refractivity contribution in [3.8, 4) is 11.5 Å².